The van der Waals surface area contributed by atoms with Crippen molar-refractivity contribution < 1.29 is 28.2 Å². The number of hydrogen-bond donors (Lipinski definition) is 1. The zero-order valence-corrected chi connectivity index (χ0v) is 13.8. The normalized spacial score (nSPS) is 10.6. The van der Waals surface area contributed by atoms with Gasteiger partial charge in [0.1, 0.15) is 11.4 Å². The summed E-state index contributed by atoms with van der Waals surface area (Å²) < 4.78 is 31.2. The number of pyridine rings is 1. The lowest BCUT2D eigenvalue weighted by molar-refractivity contribution is 0.0695. The number of aromatic nitrogens is 1. The fraction of sp³-hybridized carbons (Fsp3) is 0.235. The minimum absolute atomic E-state index is 0.00509. The molecule has 2 rings (SSSR count). The number of rotatable bonds is 5. The SMILES string of the molecule is COc1ccc(C(F)F)cc1-c1cc(C(=O)N(C)C)ncc1C(=O)O. The lowest BCUT2D eigenvalue weighted by Gasteiger charge is -2.15. The number of halogens is 2. The van der Waals surface area contributed by atoms with Crippen molar-refractivity contribution in [2.24, 2.45) is 0 Å². The number of carbonyl (C=O) groups excluding carboxylic acids is 1. The Bertz CT molecular complexity index is 822. The van der Waals surface area contributed by atoms with Crippen molar-refractivity contribution in [1.82, 2.24) is 9.88 Å². The van der Waals surface area contributed by atoms with E-state index in [1.54, 1.807) is 0 Å². The zero-order valence-electron chi connectivity index (χ0n) is 13.8. The predicted molar refractivity (Wildman–Crippen MR) is 86.2 cm³/mol. The first-order valence-corrected chi connectivity index (χ1v) is 7.17. The van der Waals surface area contributed by atoms with E-state index in [1.807, 2.05) is 0 Å². The molecule has 0 fully saturated rings. The second kappa shape index (κ2) is 7.25. The highest BCUT2D eigenvalue weighted by atomic mass is 19.3. The summed E-state index contributed by atoms with van der Waals surface area (Å²) in [5.74, 6) is -1.53. The maximum atomic E-state index is 13.0. The van der Waals surface area contributed by atoms with E-state index in [2.05, 4.69) is 4.98 Å². The van der Waals surface area contributed by atoms with Gasteiger partial charge in [0.05, 0.1) is 12.7 Å². The lowest BCUT2D eigenvalue weighted by Crippen LogP contribution is -2.23. The van der Waals surface area contributed by atoms with E-state index in [1.165, 1.54) is 44.3 Å². The van der Waals surface area contributed by atoms with Crippen molar-refractivity contribution in [2.45, 2.75) is 6.43 Å². The van der Waals surface area contributed by atoms with Crippen LogP contribution < -0.4 is 4.74 Å². The van der Waals surface area contributed by atoms with Crippen LogP contribution in [0.2, 0.25) is 0 Å². The molecule has 0 saturated carbocycles. The first kappa shape index (κ1) is 18.3. The summed E-state index contributed by atoms with van der Waals surface area (Å²) in [6.07, 6.45) is -1.70. The number of hydrogen-bond acceptors (Lipinski definition) is 4. The summed E-state index contributed by atoms with van der Waals surface area (Å²) in [7, 11) is 4.38. The number of carbonyl (C=O) groups is 2. The van der Waals surface area contributed by atoms with E-state index in [4.69, 9.17) is 4.74 Å². The Hall–Kier alpha value is -3.03. The third-order valence-corrected chi connectivity index (χ3v) is 3.53. The van der Waals surface area contributed by atoms with Gasteiger partial charge in [-0.2, -0.15) is 0 Å². The van der Waals surface area contributed by atoms with Crippen LogP contribution in [0.5, 0.6) is 5.75 Å². The van der Waals surface area contributed by atoms with Gasteiger partial charge in [-0.3, -0.25) is 9.78 Å². The highest BCUT2D eigenvalue weighted by Gasteiger charge is 2.21. The second-order valence-electron chi connectivity index (χ2n) is 5.38. The Morgan fingerprint density at radius 2 is 1.88 bits per heavy atom. The topological polar surface area (TPSA) is 79.7 Å². The molecule has 25 heavy (non-hydrogen) atoms. The van der Waals surface area contributed by atoms with Crippen LogP contribution in [0.15, 0.2) is 30.5 Å². The Morgan fingerprint density at radius 3 is 2.40 bits per heavy atom. The quantitative estimate of drug-likeness (QED) is 0.896. The van der Waals surface area contributed by atoms with Gasteiger partial charge in [-0.25, -0.2) is 13.6 Å². The number of benzene rings is 1. The molecule has 132 valence electrons. The fourth-order valence-corrected chi connectivity index (χ4v) is 2.27. The molecule has 1 aromatic heterocycles. The van der Waals surface area contributed by atoms with Gasteiger partial charge in [-0.05, 0) is 24.3 Å². The van der Waals surface area contributed by atoms with Crippen LogP contribution in [0.3, 0.4) is 0 Å². The molecule has 1 amide bonds. The predicted octanol–water partition coefficient (Wildman–Crippen LogP) is 3.09. The van der Waals surface area contributed by atoms with E-state index >= 15 is 0 Å². The van der Waals surface area contributed by atoms with Crippen LogP contribution in [0, 0.1) is 0 Å². The maximum Gasteiger partial charge on any atom is 0.337 e. The fourth-order valence-electron chi connectivity index (χ4n) is 2.27. The minimum Gasteiger partial charge on any atom is -0.496 e. The molecule has 1 N–H and O–H groups in total. The molecule has 0 aliphatic heterocycles. The first-order chi connectivity index (χ1) is 11.8. The number of carboxylic acid groups (broad SMARTS) is 1. The Kier molecular flexibility index (Phi) is 5.31. The van der Waals surface area contributed by atoms with E-state index in [-0.39, 0.29) is 33.7 Å². The van der Waals surface area contributed by atoms with Gasteiger partial charge in [0, 0.05) is 37.0 Å². The summed E-state index contributed by atoms with van der Waals surface area (Å²) in [4.78, 5) is 28.7. The summed E-state index contributed by atoms with van der Waals surface area (Å²) in [5.41, 5.74) is -0.293. The van der Waals surface area contributed by atoms with Crippen molar-refractivity contribution in [3.05, 3.63) is 47.3 Å². The molecular formula is C17H16F2N2O4. The molecule has 0 aliphatic rings. The monoisotopic (exact) mass is 350 g/mol. The van der Waals surface area contributed by atoms with Gasteiger partial charge in [0.25, 0.3) is 12.3 Å². The van der Waals surface area contributed by atoms with Gasteiger partial charge in [0.15, 0.2) is 0 Å². The van der Waals surface area contributed by atoms with Crippen LogP contribution in [-0.2, 0) is 0 Å². The van der Waals surface area contributed by atoms with Crippen molar-refractivity contribution in [1.29, 1.82) is 0 Å². The molecule has 1 aromatic carbocycles. The van der Waals surface area contributed by atoms with Gasteiger partial charge >= 0.3 is 5.97 Å². The van der Waals surface area contributed by atoms with Gasteiger partial charge in [-0.15, -0.1) is 0 Å². The number of ether oxygens (including phenoxy) is 1. The number of amides is 1. The average molecular weight is 350 g/mol. The molecule has 0 unspecified atom stereocenters. The molecule has 1 heterocycles. The van der Waals surface area contributed by atoms with Crippen LogP contribution in [0.1, 0.15) is 32.8 Å². The summed E-state index contributed by atoms with van der Waals surface area (Å²) in [6.45, 7) is 0. The summed E-state index contributed by atoms with van der Waals surface area (Å²) >= 11 is 0. The van der Waals surface area contributed by atoms with Gasteiger partial charge in [0.2, 0.25) is 0 Å². The average Bonchev–Trinajstić information content (AvgIpc) is 2.59. The Morgan fingerprint density at radius 1 is 1.20 bits per heavy atom. The molecule has 2 aromatic rings. The zero-order chi connectivity index (χ0) is 18.7. The number of methoxy groups -OCH3 is 1. The highest BCUT2D eigenvalue weighted by Crippen LogP contribution is 2.36. The second-order valence-corrected chi connectivity index (χ2v) is 5.38. The van der Waals surface area contributed by atoms with Gasteiger partial charge < -0.3 is 14.7 Å². The van der Waals surface area contributed by atoms with Crippen molar-refractivity contribution >= 4 is 11.9 Å². The van der Waals surface area contributed by atoms with Gasteiger partial charge in [-0.1, -0.05) is 0 Å². The van der Waals surface area contributed by atoms with Crippen molar-refractivity contribution in [3.63, 3.8) is 0 Å². The van der Waals surface area contributed by atoms with E-state index in [0.29, 0.717) is 0 Å². The Balaban J connectivity index is 2.75. The first-order valence-electron chi connectivity index (χ1n) is 7.17. The van der Waals surface area contributed by atoms with E-state index < -0.39 is 18.3 Å². The van der Waals surface area contributed by atoms with Crippen LogP contribution in [0.4, 0.5) is 8.78 Å². The molecule has 0 bridgehead atoms. The molecule has 0 atom stereocenters. The molecule has 0 saturated heterocycles. The molecule has 0 radical (unpaired) electrons. The van der Waals surface area contributed by atoms with Crippen molar-refractivity contribution in [2.75, 3.05) is 21.2 Å². The van der Waals surface area contributed by atoms with Crippen LogP contribution in [0.25, 0.3) is 11.1 Å². The smallest absolute Gasteiger partial charge is 0.337 e. The van der Waals surface area contributed by atoms with Crippen LogP contribution >= 0.6 is 0 Å². The highest BCUT2D eigenvalue weighted by molar-refractivity contribution is 6.00. The van der Waals surface area contributed by atoms with E-state index in [0.717, 1.165) is 12.3 Å². The molecule has 0 spiro atoms. The van der Waals surface area contributed by atoms with Crippen molar-refractivity contribution in [3.8, 4) is 16.9 Å². The summed E-state index contributed by atoms with van der Waals surface area (Å²) in [5, 5.41) is 9.38. The van der Waals surface area contributed by atoms with Crippen LogP contribution in [-0.4, -0.2) is 48.1 Å². The number of carboxylic acids is 1. The molecule has 0 aliphatic carbocycles. The third-order valence-electron chi connectivity index (χ3n) is 3.53. The maximum absolute atomic E-state index is 13.0. The number of aromatic carboxylic acids is 1. The Labute approximate surface area is 142 Å². The minimum atomic E-state index is -2.73. The third kappa shape index (κ3) is 3.73. The lowest BCUT2D eigenvalue weighted by atomic mass is 9.97. The molecular weight excluding hydrogens is 334 g/mol. The molecule has 6 nitrogen and oxygen atoms in total. The molecule has 8 heteroatoms. The standard InChI is InChI=1S/C17H16F2N2O4/c1-21(2)16(22)13-7-10(12(8-20-13)17(23)24)11-6-9(15(18)19)4-5-14(11)25-3/h4-8,15H,1-3H3,(H,23,24). The number of nitrogens with zero attached hydrogens (tertiary/aromatic N) is 2. The van der Waals surface area contributed by atoms with E-state index in [9.17, 15) is 23.5 Å². The largest absolute Gasteiger partial charge is 0.496 e. The number of alkyl halides is 2. The summed E-state index contributed by atoms with van der Waals surface area (Å²) in [6, 6.07) is 4.94.